The van der Waals surface area contributed by atoms with Crippen LogP contribution in [0.15, 0.2) is 18.2 Å². The summed E-state index contributed by atoms with van der Waals surface area (Å²) in [7, 11) is 1.84. The molecule has 0 saturated heterocycles. The van der Waals surface area contributed by atoms with Gasteiger partial charge in [-0.3, -0.25) is 4.79 Å². The van der Waals surface area contributed by atoms with E-state index in [2.05, 4.69) is 0 Å². The summed E-state index contributed by atoms with van der Waals surface area (Å²) in [5.41, 5.74) is 6.44. The number of benzene rings is 1. The minimum Gasteiger partial charge on any atom is -0.397 e. The van der Waals surface area contributed by atoms with Crippen molar-refractivity contribution in [2.45, 2.75) is 31.7 Å². The smallest absolute Gasteiger partial charge is 0.266 e. The van der Waals surface area contributed by atoms with E-state index < -0.39 is 0 Å². The number of fused-ring (bicyclic) bond motifs is 1. The molecule has 0 atom stereocenters. The molecule has 3 nitrogen and oxygen atoms in total. The SMILES string of the molecule is CN(C(=O)c1sc2ccc(F)cc2c1N)C1CCCC1. The van der Waals surface area contributed by atoms with Crippen LogP contribution in [0.3, 0.4) is 0 Å². The summed E-state index contributed by atoms with van der Waals surface area (Å²) < 4.78 is 14.1. The predicted octanol–water partition coefficient (Wildman–Crippen LogP) is 3.64. The highest BCUT2D eigenvalue weighted by molar-refractivity contribution is 7.21. The third-order valence-electron chi connectivity index (χ3n) is 4.08. The van der Waals surface area contributed by atoms with Crippen LogP contribution in [0.1, 0.15) is 35.4 Å². The molecule has 106 valence electrons. The number of thiophene rings is 1. The van der Waals surface area contributed by atoms with E-state index in [1.54, 1.807) is 11.0 Å². The second-order valence-electron chi connectivity index (χ2n) is 5.34. The first kappa shape index (κ1) is 13.4. The maximum absolute atomic E-state index is 13.3. The monoisotopic (exact) mass is 292 g/mol. The topological polar surface area (TPSA) is 46.3 Å². The lowest BCUT2D eigenvalue weighted by Gasteiger charge is -2.23. The molecule has 2 N–H and O–H groups in total. The summed E-state index contributed by atoms with van der Waals surface area (Å²) >= 11 is 1.34. The van der Waals surface area contributed by atoms with Gasteiger partial charge in [0.2, 0.25) is 0 Å². The van der Waals surface area contributed by atoms with Gasteiger partial charge in [-0.1, -0.05) is 12.8 Å². The first-order chi connectivity index (χ1) is 9.58. The Morgan fingerprint density at radius 2 is 2.10 bits per heavy atom. The van der Waals surface area contributed by atoms with Crippen LogP contribution in [0.5, 0.6) is 0 Å². The maximum Gasteiger partial charge on any atom is 0.266 e. The summed E-state index contributed by atoms with van der Waals surface area (Å²) in [4.78, 5) is 14.9. The van der Waals surface area contributed by atoms with E-state index in [9.17, 15) is 9.18 Å². The van der Waals surface area contributed by atoms with Crippen molar-refractivity contribution >= 4 is 33.0 Å². The Bertz CT molecular complexity index is 661. The van der Waals surface area contributed by atoms with E-state index in [4.69, 9.17) is 5.73 Å². The van der Waals surface area contributed by atoms with Crippen molar-refractivity contribution in [1.29, 1.82) is 0 Å². The molecule has 1 heterocycles. The Hall–Kier alpha value is -1.62. The van der Waals surface area contributed by atoms with Crippen molar-refractivity contribution in [3.8, 4) is 0 Å². The molecule has 1 aromatic heterocycles. The number of nitrogens with zero attached hydrogens (tertiary/aromatic N) is 1. The third-order valence-corrected chi connectivity index (χ3v) is 5.25. The van der Waals surface area contributed by atoms with Crippen LogP contribution in [0.4, 0.5) is 10.1 Å². The Morgan fingerprint density at radius 3 is 2.80 bits per heavy atom. The summed E-state index contributed by atoms with van der Waals surface area (Å²) in [6, 6.07) is 4.78. The summed E-state index contributed by atoms with van der Waals surface area (Å²) in [6.45, 7) is 0. The van der Waals surface area contributed by atoms with E-state index in [1.165, 1.54) is 36.3 Å². The Morgan fingerprint density at radius 1 is 1.40 bits per heavy atom. The van der Waals surface area contributed by atoms with Crippen molar-refractivity contribution in [2.24, 2.45) is 0 Å². The Labute approximate surface area is 121 Å². The Balaban J connectivity index is 1.96. The summed E-state index contributed by atoms with van der Waals surface area (Å²) in [6.07, 6.45) is 4.47. The van der Waals surface area contributed by atoms with Gasteiger partial charge < -0.3 is 10.6 Å². The van der Waals surface area contributed by atoms with E-state index in [-0.39, 0.29) is 11.7 Å². The third kappa shape index (κ3) is 2.16. The molecule has 0 unspecified atom stereocenters. The highest BCUT2D eigenvalue weighted by Crippen LogP contribution is 2.35. The molecule has 0 bridgehead atoms. The molecule has 1 aromatic carbocycles. The highest BCUT2D eigenvalue weighted by Gasteiger charge is 2.27. The van der Waals surface area contributed by atoms with Gasteiger partial charge in [-0.25, -0.2) is 4.39 Å². The number of hydrogen-bond acceptors (Lipinski definition) is 3. The number of nitrogens with two attached hydrogens (primary N) is 1. The van der Waals surface area contributed by atoms with E-state index >= 15 is 0 Å². The zero-order valence-corrected chi connectivity index (χ0v) is 12.2. The van der Waals surface area contributed by atoms with Crippen LogP contribution in [-0.4, -0.2) is 23.9 Å². The molecule has 2 aromatic rings. The fraction of sp³-hybridized carbons (Fsp3) is 0.400. The number of hydrogen-bond donors (Lipinski definition) is 1. The van der Waals surface area contributed by atoms with Crippen LogP contribution in [-0.2, 0) is 0 Å². The molecule has 0 aliphatic heterocycles. The number of amides is 1. The molecule has 20 heavy (non-hydrogen) atoms. The van der Waals surface area contributed by atoms with Gasteiger partial charge in [0.1, 0.15) is 10.7 Å². The van der Waals surface area contributed by atoms with Crippen molar-refractivity contribution in [3.63, 3.8) is 0 Å². The molecule has 1 saturated carbocycles. The van der Waals surface area contributed by atoms with Crippen molar-refractivity contribution < 1.29 is 9.18 Å². The average molecular weight is 292 g/mol. The number of nitrogen functional groups attached to an aromatic ring is 1. The molecular formula is C15H17FN2OS. The second-order valence-corrected chi connectivity index (χ2v) is 6.39. The van der Waals surface area contributed by atoms with Crippen molar-refractivity contribution in [1.82, 2.24) is 4.90 Å². The quantitative estimate of drug-likeness (QED) is 0.918. The van der Waals surface area contributed by atoms with E-state index in [0.717, 1.165) is 17.5 Å². The van der Waals surface area contributed by atoms with Gasteiger partial charge in [0.25, 0.3) is 5.91 Å². The zero-order valence-electron chi connectivity index (χ0n) is 11.4. The van der Waals surface area contributed by atoms with Gasteiger partial charge in [0, 0.05) is 23.2 Å². The van der Waals surface area contributed by atoms with Crippen LogP contribution >= 0.6 is 11.3 Å². The molecule has 1 aliphatic carbocycles. The molecule has 0 spiro atoms. The average Bonchev–Trinajstić information content (AvgIpc) is 3.06. The predicted molar refractivity (Wildman–Crippen MR) is 80.5 cm³/mol. The minimum absolute atomic E-state index is 0.0454. The molecular weight excluding hydrogens is 275 g/mol. The lowest BCUT2D eigenvalue weighted by molar-refractivity contribution is 0.0741. The Kier molecular flexibility index (Phi) is 3.38. The zero-order chi connectivity index (χ0) is 14.3. The van der Waals surface area contributed by atoms with Gasteiger partial charge in [-0.2, -0.15) is 0 Å². The van der Waals surface area contributed by atoms with Gasteiger partial charge in [-0.15, -0.1) is 11.3 Å². The molecule has 3 rings (SSSR count). The molecule has 5 heteroatoms. The lowest BCUT2D eigenvalue weighted by atomic mass is 10.2. The van der Waals surface area contributed by atoms with Gasteiger partial charge >= 0.3 is 0 Å². The molecule has 1 aliphatic rings. The lowest BCUT2D eigenvalue weighted by Crippen LogP contribution is -2.35. The number of carbonyl (C=O) groups is 1. The standard InChI is InChI=1S/C15H17FN2OS/c1-18(10-4-2-3-5-10)15(19)14-13(17)11-8-9(16)6-7-12(11)20-14/h6-8,10H,2-5,17H2,1H3. The molecule has 0 radical (unpaired) electrons. The maximum atomic E-state index is 13.3. The van der Waals surface area contributed by atoms with Crippen molar-refractivity contribution in [3.05, 3.63) is 28.9 Å². The highest BCUT2D eigenvalue weighted by atomic mass is 32.1. The van der Waals surface area contributed by atoms with Gasteiger partial charge in [0.05, 0.1) is 5.69 Å². The number of halogens is 1. The van der Waals surface area contributed by atoms with Crippen molar-refractivity contribution in [2.75, 3.05) is 12.8 Å². The van der Waals surface area contributed by atoms with Gasteiger partial charge in [0.15, 0.2) is 0 Å². The first-order valence-corrected chi connectivity index (χ1v) is 7.64. The second kappa shape index (κ2) is 5.05. The molecule has 1 amide bonds. The van der Waals surface area contributed by atoms with Crippen LogP contribution in [0, 0.1) is 5.82 Å². The fourth-order valence-corrected chi connectivity index (χ4v) is 3.95. The van der Waals surface area contributed by atoms with Crippen LogP contribution < -0.4 is 5.73 Å². The largest absolute Gasteiger partial charge is 0.397 e. The minimum atomic E-state index is -0.329. The normalized spacial score (nSPS) is 15.9. The first-order valence-electron chi connectivity index (χ1n) is 6.82. The number of rotatable bonds is 2. The van der Waals surface area contributed by atoms with E-state index in [0.29, 0.717) is 22.0 Å². The number of anilines is 1. The van der Waals surface area contributed by atoms with E-state index in [1.807, 2.05) is 7.05 Å². The fourth-order valence-electron chi connectivity index (χ4n) is 2.87. The van der Waals surface area contributed by atoms with Gasteiger partial charge in [-0.05, 0) is 31.0 Å². The van der Waals surface area contributed by atoms with Crippen LogP contribution in [0.25, 0.3) is 10.1 Å². The molecule has 1 fully saturated rings. The van der Waals surface area contributed by atoms with Crippen LogP contribution in [0.2, 0.25) is 0 Å². The summed E-state index contributed by atoms with van der Waals surface area (Å²) in [5.74, 6) is -0.374. The summed E-state index contributed by atoms with van der Waals surface area (Å²) in [5, 5.41) is 0.637. The number of carbonyl (C=O) groups excluding carboxylic acids is 1.